The summed E-state index contributed by atoms with van der Waals surface area (Å²) in [5.41, 5.74) is 3.78. The van der Waals surface area contributed by atoms with Gasteiger partial charge in [0.05, 0.1) is 22.3 Å². The third-order valence-electron chi connectivity index (χ3n) is 4.71. The highest BCUT2D eigenvalue weighted by atomic mass is 32.1. The van der Waals surface area contributed by atoms with Crippen molar-refractivity contribution in [1.29, 1.82) is 0 Å². The fourth-order valence-electron chi connectivity index (χ4n) is 3.52. The maximum Gasteiger partial charge on any atom is 0.253 e. The Bertz CT molecular complexity index is 676. The molecule has 0 bridgehead atoms. The van der Waals surface area contributed by atoms with E-state index in [0.29, 0.717) is 0 Å². The summed E-state index contributed by atoms with van der Waals surface area (Å²) in [6.07, 6.45) is 3.35. The van der Waals surface area contributed by atoms with Crippen LogP contribution in [0.3, 0.4) is 0 Å². The van der Waals surface area contributed by atoms with Gasteiger partial charge in [-0.3, -0.25) is 4.79 Å². The van der Waals surface area contributed by atoms with Gasteiger partial charge >= 0.3 is 0 Å². The molecular weight excluding hydrogens is 284 g/mol. The van der Waals surface area contributed by atoms with E-state index in [2.05, 4.69) is 4.98 Å². The van der Waals surface area contributed by atoms with Crippen molar-refractivity contribution >= 4 is 27.5 Å². The van der Waals surface area contributed by atoms with Crippen molar-refractivity contribution < 1.29 is 9.53 Å². The lowest BCUT2D eigenvalue weighted by Crippen LogP contribution is -2.46. The number of piperidine rings is 1. The second kappa shape index (κ2) is 5.07. The highest BCUT2D eigenvalue weighted by Gasteiger charge is 2.40. The monoisotopic (exact) mass is 302 g/mol. The average Bonchev–Trinajstić information content (AvgIpc) is 3.15. The Kier molecular flexibility index (Phi) is 3.19. The molecule has 0 N–H and O–H groups in total. The lowest BCUT2D eigenvalue weighted by Gasteiger charge is -2.39. The Morgan fingerprint density at radius 1 is 1.38 bits per heavy atom. The maximum absolute atomic E-state index is 12.8. The SMILES string of the molecule is O=C(c1ccc2ncsc2c1)N1CCC[C@]2(CCOC2)C1. The quantitative estimate of drug-likeness (QED) is 0.813. The van der Waals surface area contributed by atoms with E-state index in [1.54, 1.807) is 11.3 Å². The molecule has 1 amide bonds. The number of hydrogen-bond donors (Lipinski definition) is 0. The number of thiazole rings is 1. The van der Waals surface area contributed by atoms with Gasteiger partial charge in [-0.1, -0.05) is 0 Å². The smallest absolute Gasteiger partial charge is 0.253 e. The number of likely N-dealkylation sites (tertiary alicyclic amines) is 1. The second-order valence-electron chi connectivity index (χ2n) is 6.17. The summed E-state index contributed by atoms with van der Waals surface area (Å²) in [6.45, 7) is 3.35. The van der Waals surface area contributed by atoms with Gasteiger partial charge in [0, 0.05) is 30.7 Å². The predicted molar refractivity (Wildman–Crippen MR) is 82.6 cm³/mol. The maximum atomic E-state index is 12.8. The van der Waals surface area contributed by atoms with Gasteiger partial charge in [0.15, 0.2) is 0 Å². The standard InChI is InChI=1S/C16H18N2O2S/c19-15(12-2-3-13-14(8-12)21-11-17-13)18-6-1-4-16(9-18)5-7-20-10-16/h2-3,8,11H,1,4-7,9-10H2/t16-/m0/s1. The minimum absolute atomic E-state index is 0.149. The van der Waals surface area contributed by atoms with Crippen molar-refractivity contribution in [2.45, 2.75) is 19.3 Å². The van der Waals surface area contributed by atoms with Crippen LogP contribution < -0.4 is 0 Å². The minimum atomic E-state index is 0.149. The van der Waals surface area contributed by atoms with Crippen LogP contribution in [-0.4, -0.2) is 42.1 Å². The van der Waals surface area contributed by atoms with Crippen molar-refractivity contribution in [3.05, 3.63) is 29.3 Å². The van der Waals surface area contributed by atoms with Crippen molar-refractivity contribution in [3.8, 4) is 0 Å². The molecular formula is C16H18N2O2S. The van der Waals surface area contributed by atoms with Gasteiger partial charge in [0.2, 0.25) is 0 Å². The molecule has 0 unspecified atom stereocenters. The summed E-state index contributed by atoms with van der Waals surface area (Å²) in [7, 11) is 0. The molecule has 0 radical (unpaired) electrons. The fourth-order valence-corrected chi connectivity index (χ4v) is 4.24. The minimum Gasteiger partial charge on any atom is -0.381 e. The van der Waals surface area contributed by atoms with E-state index in [1.165, 1.54) is 6.42 Å². The molecule has 1 aromatic carbocycles. The number of nitrogens with zero attached hydrogens (tertiary/aromatic N) is 2. The lowest BCUT2D eigenvalue weighted by atomic mass is 9.79. The first kappa shape index (κ1) is 13.2. The molecule has 110 valence electrons. The lowest BCUT2D eigenvalue weighted by molar-refractivity contribution is 0.0463. The van der Waals surface area contributed by atoms with E-state index in [1.807, 2.05) is 28.6 Å². The summed E-state index contributed by atoms with van der Waals surface area (Å²) in [5, 5.41) is 0. The Morgan fingerprint density at radius 2 is 2.33 bits per heavy atom. The van der Waals surface area contributed by atoms with E-state index in [0.717, 1.165) is 54.9 Å². The number of benzene rings is 1. The number of amides is 1. The zero-order valence-electron chi connectivity index (χ0n) is 11.9. The summed E-state index contributed by atoms with van der Waals surface area (Å²) in [6, 6.07) is 5.82. The Morgan fingerprint density at radius 3 is 3.19 bits per heavy atom. The fraction of sp³-hybridized carbons (Fsp3) is 0.500. The Labute approximate surface area is 127 Å². The van der Waals surface area contributed by atoms with Crippen LogP contribution >= 0.6 is 11.3 Å². The molecule has 2 aliphatic rings. The van der Waals surface area contributed by atoms with Gasteiger partial charge in [0.25, 0.3) is 5.91 Å². The first-order chi connectivity index (χ1) is 10.3. The normalized spacial score (nSPS) is 25.8. The third kappa shape index (κ3) is 2.34. The first-order valence-electron chi connectivity index (χ1n) is 7.46. The number of rotatable bonds is 1. The number of ether oxygens (including phenoxy) is 1. The van der Waals surface area contributed by atoms with E-state index >= 15 is 0 Å². The number of carbonyl (C=O) groups is 1. The number of aromatic nitrogens is 1. The van der Waals surface area contributed by atoms with Crippen LogP contribution in [0.1, 0.15) is 29.6 Å². The molecule has 1 aromatic heterocycles. The van der Waals surface area contributed by atoms with E-state index in [4.69, 9.17) is 4.74 Å². The molecule has 1 spiro atoms. The molecule has 21 heavy (non-hydrogen) atoms. The van der Waals surface area contributed by atoms with E-state index < -0.39 is 0 Å². The molecule has 5 heteroatoms. The molecule has 0 aliphatic carbocycles. The number of carbonyl (C=O) groups excluding carboxylic acids is 1. The van der Waals surface area contributed by atoms with Crippen molar-refractivity contribution in [1.82, 2.24) is 9.88 Å². The largest absolute Gasteiger partial charge is 0.381 e. The summed E-state index contributed by atoms with van der Waals surface area (Å²) in [5.74, 6) is 0.149. The third-order valence-corrected chi connectivity index (χ3v) is 5.50. The van der Waals surface area contributed by atoms with Crippen molar-refractivity contribution in [2.24, 2.45) is 5.41 Å². The van der Waals surface area contributed by atoms with Gasteiger partial charge in [0.1, 0.15) is 0 Å². The Balaban J connectivity index is 1.58. The highest BCUT2D eigenvalue weighted by Crippen LogP contribution is 2.38. The first-order valence-corrected chi connectivity index (χ1v) is 8.34. The predicted octanol–water partition coefficient (Wildman–Crippen LogP) is 2.94. The summed E-state index contributed by atoms with van der Waals surface area (Å²) < 4.78 is 6.65. The van der Waals surface area contributed by atoms with Crippen molar-refractivity contribution in [3.63, 3.8) is 0 Å². The molecule has 4 rings (SSSR count). The Hall–Kier alpha value is -1.46. The zero-order chi connectivity index (χ0) is 14.3. The molecule has 2 fully saturated rings. The molecule has 0 saturated carbocycles. The van der Waals surface area contributed by atoms with Gasteiger partial charge in [-0.15, -0.1) is 11.3 Å². The van der Waals surface area contributed by atoms with Crippen LogP contribution in [0.15, 0.2) is 23.7 Å². The molecule has 2 saturated heterocycles. The van der Waals surface area contributed by atoms with Gasteiger partial charge in [-0.05, 0) is 37.5 Å². The topological polar surface area (TPSA) is 42.4 Å². The molecule has 3 heterocycles. The van der Waals surface area contributed by atoms with Gasteiger partial charge < -0.3 is 9.64 Å². The van der Waals surface area contributed by atoms with Crippen LogP contribution in [0.25, 0.3) is 10.2 Å². The van der Waals surface area contributed by atoms with Crippen LogP contribution in [0.5, 0.6) is 0 Å². The van der Waals surface area contributed by atoms with Gasteiger partial charge in [-0.2, -0.15) is 0 Å². The molecule has 4 nitrogen and oxygen atoms in total. The number of fused-ring (bicyclic) bond motifs is 1. The zero-order valence-corrected chi connectivity index (χ0v) is 12.7. The van der Waals surface area contributed by atoms with Crippen LogP contribution in [0.4, 0.5) is 0 Å². The van der Waals surface area contributed by atoms with Gasteiger partial charge in [-0.25, -0.2) is 4.98 Å². The van der Waals surface area contributed by atoms with Crippen LogP contribution in [0.2, 0.25) is 0 Å². The number of hydrogen-bond acceptors (Lipinski definition) is 4. The highest BCUT2D eigenvalue weighted by molar-refractivity contribution is 7.16. The summed E-state index contributed by atoms with van der Waals surface area (Å²) in [4.78, 5) is 19.1. The second-order valence-corrected chi connectivity index (χ2v) is 7.05. The van der Waals surface area contributed by atoms with Crippen LogP contribution in [0, 0.1) is 5.41 Å². The van der Waals surface area contributed by atoms with Crippen molar-refractivity contribution in [2.75, 3.05) is 26.3 Å². The van der Waals surface area contributed by atoms with Crippen LogP contribution in [-0.2, 0) is 4.74 Å². The van der Waals surface area contributed by atoms with E-state index in [9.17, 15) is 4.79 Å². The summed E-state index contributed by atoms with van der Waals surface area (Å²) >= 11 is 1.58. The molecule has 1 atom stereocenters. The molecule has 2 aromatic rings. The molecule has 2 aliphatic heterocycles. The average molecular weight is 302 g/mol. The van der Waals surface area contributed by atoms with E-state index in [-0.39, 0.29) is 11.3 Å².